The zero-order valence-corrected chi connectivity index (χ0v) is 10.6. The Hall–Kier alpha value is -1.40. The van der Waals surface area contributed by atoms with Gasteiger partial charge in [-0.05, 0) is 25.3 Å². The number of carboxylic acid groups (broad SMARTS) is 1. The summed E-state index contributed by atoms with van der Waals surface area (Å²) in [6.07, 6.45) is 2.92. The largest absolute Gasteiger partial charge is 0.476 e. The number of rotatable bonds is 9. The van der Waals surface area contributed by atoms with Crippen LogP contribution in [0.1, 0.15) is 42.4 Å². The molecule has 102 valence electrons. The maximum absolute atomic E-state index is 10.6. The van der Waals surface area contributed by atoms with Crippen molar-refractivity contribution in [3.05, 3.63) is 17.5 Å². The van der Waals surface area contributed by atoms with Gasteiger partial charge in [-0.15, -0.1) is 0 Å². The number of aliphatic hydroxyl groups is 1. The molecule has 1 aromatic heterocycles. The van der Waals surface area contributed by atoms with Crippen molar-refractivity contribution in [2.45, 2.75) is 32.7 Å². The Kier molecular flexibility index (Phi) is 6.38. The number of aliphatic hydroxyl groups excluding tert-OH is 1. The normalized spacial score (nSPS) is 12.6. The monoisotopic (exact) mass is 256 g/mol. The molecule has 1 atom stereocenters. The Labute approximate surface area is 106 Å². The molecule has 18 heavy (non-hydrogen) atoms. The molecule has 1 aromatic rings. The molecular weight excluding hydrogens is 236 g/mol. The van der Waals surface area contributed by atoms with E-state index in [-0.39, 0.29) is 12.3 Å². The number of hydrogen-bond acceptors (Lipinski definition) is 5. The molecule has 0 aliphatic heterocycles. The second-order valence-corrected chi connectivity index (χ2v) is 4.28. The van der Waals surface area contributed by atoms with Crippen LogP contribution in [0.3, 0.4) is 0 Å². The summed E-state index contributed by atoms with van der Waals surface area (Å²) in [6, 6.07) is 1.41. The summed E-state index contributed by atoms with van der Waals surface area (Å²) in [7, 11) is 0. The van der Waals surface area contributed by atoms with Crippen LogP contribution in [0, 0.1) is 5.92 Å². The van der Waals surface area contributed by atoms with E-state index in [1.54, 1.807) is 0 Å². The second kappa shape index (κ2) is 7.84. The molecule has 1 rings (SSSR count). The van der Waals surface area contributed by atoms with Crippen LogP contribution in [0.4, 0.5) is 0 Å². The van der Waals surface area contributed by atoms with E-state index >= 15 is 0 Å². The summed E-state index contributed by atoms with van der Waals surface area (Å²) < 4.78 is 4.88. The van der Waals surface area contributed by atoms with Crippen LogP contribution in [0.25, 0.3) is 0 Å². The van der Waals surface area contributed by atoms with Crippen molar-refractivity contribution in [2.24, 2.45) is 5.92 Å². The number of carbonyl (C=O) groups is 1. The molecule has 0 aliphatic rings. The van der Waals surface area contributed by atoms with Gasteiger partial charge in [0.1, 0.15) is 0 Å². The third kappa shape index (κ3) is 4.85. The maximum Gasteiger partial charge on any atom is 0.358 e. The highest BCUT2D eigenvalue weighted by molar-refractivity contribution is 5.85. The Morgan fingerprint density at radius 1 is 1.56 bits per heavy atom. The lowest BCUT2D eigenvalue weighted by Crippen LogP contribution is -2.23. The highest BCUT2D eigenvalue weighted by Gasteiger charge is 2.11. The summed E-state index contributed by atoms with van der Waals surface area (Å²) >= 11 is 0. The molecule has 1 unspecified atom stereocenters. The predicted octanol–water partition coefficient (Wildman–Crippen LogP) is 1.26. The van der Waals surface area contributed by atoms with Gasteiger partial charge in [0.15, 0.2) is 11.5 Å². The molecule has 6 heteroatoms. The molecular formula is C12H20N2O4. The van der Waals surface area contributed by atoms with Crippen molar-refractivity contribution in [3.8, 4) is 0 Å². The topological polar surface area (TPSA) is 95.6 Å². The lowest BCUT2D eigenvalue weighted by atomic mass is 10.0. The third-order valence-electron chi connectivity index (χ3n) is 2.74. The van der Waals surface area contributed by atoms with Gasteiger partial charge in [-0.1, -0.05) is 18.5 Å². The highest BCUT2D eigenvalue weighted by Crippen LogP contribution is 2.10. The van der Waals surface area contributed by atoms with Crippen LogP contribution >= 0.6 is 0 Å². The maximum atomic E-state index is 10.6. The fourth-order valence-electron chi connectivity index (χ4n) is 1.84. The van der Waals surface area contributed by atoms with E-state index < -0.39 is 5.97 Å². The minimum Gasteiger partial charge on any atom is -0.476 e. The van der Waals surface area contributed by atoms with E-state index in [1.165, 1.54) is 6.07 Å². The summed E-state index contributed by atoms with van der Waals surface area (Å²) in [6.45, 7) is 3.53. The van der Waals surface area contributed by atoms with Gasteiger partial charge in [0.05, 0.1) is 6.54 Å². The van der Waals surface area contributed by atoms with E-state index in [1.807, 2.05) is 0 Å². The van der Waals surface area contributed by atoms with Crippen LogP contribution in [-0.2, 0) is 6.54 Å². The average molecular weight is 256 g/mol. The zero-order chi connectivity index (χ0) is 13.4. The van der Waals surface area contributed by atoms with Crippen molar-refractivity contribution in [1.82, 2.24) is 10.5 Å². The average Bonchev–Trinajstić information content (AvgIpc) is 2.78. The summed E-state index contributed by atoms with van der Waals surface area (Å²) in [5.74, 6) is -0.150. The smallest absolute Gasteiger partial charge is 0.358 e. The van der Waals surface area contributed by atoms with Crippen LogP contribution < -0.4 is 5.32 Å². The molecule has 0 radical (unpaired) electrons. The molecule has 0 aliphatic carbocycles. The molecule has 0 aromatic carbocycles. The van der Waals surface area contributed by atoms with E-state index in [0.717, 1.165) is 25.8 Å². The standard InChI is InChI=1S/C12H20N2O4/c1-2-3-9(4-5-15)7-13-8-10-6-11(12(16)17)14-18-10/h6,9,13,15H,2-5,7-8H2,1H3,(H,16,17). The summed E-state index contributed by atoms with van der Waals surface area (Å²) in [4.78, 5) is 10.6. The lowest BCUT2D eigenvalue weighted by Gasteiger charge is -2.14. The summed E-state index contributed by atoms with van der Waals surface area (Å²) in [5, 5.41) is 24.2. The zero-order valence-electron chi connectivity index (χ0n) is 10.6. The van der Waals surface area contributed by atoms with Gasteiger partial charge in [0, 0.05) is 12.7 Å². The van der Waals surface area contributed by atoms with E-state index in [9.17, 15) is 4.79 Å². The minimum absolute atomic E-state index is 0.0766. The molecule has 1 heterocycles. The van der Waals surface area contributed by atoms with Crippen molar-refractivity contribution in [1.29, 1.82) is 0 Å². The fourth-order valence-corrected chi connectivity index (χ4v) is 1.84. The number of nitrogens with zero attached hydrogens (tertiary/aromatic N) is 1. The van der Waals surface area contributed by atoms with Gasteiger partial charge in [-0.2, -0.15) is 0 Å². The van der Waals surface area contributed by atoms with Crippen LogP contribution in [0.5, 0.6) is 0 Å². The van der Waals surface area contributed by atoms with Gasteiger partial charge in [-0.25, -0.2) is 4.79 Å². The van der Waals surface area contributed by atoms with Gasteiger partial charge in [0.25, 0.3) is 0 Å². The SMILES string of the molecule is CCCC(CCO)CNCc1cc(C(=O)O)no1. The molecule has 0 fully saturated rings. The molecule has 0 saturated carbocycles. The van der Waals surface area contributed by atoms with Gasteiger partial charge in [0.2, 0.25) is 0 Å². The number of carboxylic acids is 1. The Morgan fingerprint density at radius 3 is 2.89 bits per heavy atom. The summed E-state index contributed by atoms with van der Waals surface area (Å²) in [5.41, 5.74) is -0.0766. The number of nitrogens with one attached hydrogen (secondary N) is 1. The highest BCUT2D eigenvalue weighted by atomic mass is 16.5. The predicted molar refractivity (Wildman–Crippen MR) is 65.3 cm³/mol. The molecule has 0 saturated heterocycles. The Bertz CT molecular complexity index is 359. The molecule has 3 N–H and O–H groups in total. The Morgan fingerprint density at radius 2 is 2.33 bits per heavy atom. The van der Waals surface area contributed by atoms with Gasteiger partial charge in [-0.3, -0.25) is 0 Å². The van der Waals surface area contributed by atoms with Crippen molar-refractivity contribution < 1.29 is 19.5 Å². The first-order valence-corrected chi connectivity index (χ1v) is 6.17. The van der Waals surface area contributed by atoms with E-state index in [4.69, 9.17) is 14.7 Å². The van der Waals surface area contributed by atoms with E-state index in [0.29, 0.717) is 18.2 Å². The fraction of sp³-hybridized carbons (Fsp3) is 0.667. The first-order chi connectivity index (χ1) is 8.67. The number of aromatic nitrogens is 1. The Balaban J connectivity index is 2.32. The molecule has 0 amide bonds. The number of hydrogen-bond donors (Lipinski definition) is 3. The first kappa shape index (κ1) is 14.7. The van der Waals surface area contributed by atoms with Crippen molar-refractivity contribution in [2.75, 3.05) is 13.2 Å². The quantitative estimate of drug-likeness (QED) is 0.615. The van der Waals surface area contributed by atoms with Crippen LogP contribution in [0.2, 0.25) is 0 Å². The van der Waals surface area contributed by atoms with Crippen molar-refractivity contribution >= 4 is 5.97 Å². The number of aromatic carboxylic acids is 1. The second-order valence-electron chi connectivity index (χ2n) is 4.28. The van der Waals surface area contributed by atoms with E-state index in [2.05, 4.69) is 17.4 Å². The first-order valence-electron chi connectivity index (χ1n) is 6.17. The lowest BCUT2D eigenvalue weighted by molar-refractivity contribution is 0.0685. The van der Waals surface area contributed by atoms with Crippen LogP contribution in [0.15, 0.2) is 10.6 Å². The van der Waals surface area contributed by atoms with Crippen molar-refractivity contribution in [3.63, 3.8) is 0 Å². The van der Waals surface area contributed by atoms with Crippen LogP contribution in [-0.4, -0.2) is 34.5 Å². The molecule has 6 nitrogen and oxygen atoms in total. The third-order valence-corrected chi connectivity index (χ3v) is 2.74. The minimum atomic E-state index is -1.09. The molecule has 0 spiro atoms. The van der Waals surface area contributed by atoms with Gasteiger partial charge >= 0.3 is 5.97 Å². The van der Waals surface area contributed by atoms with Gasteiger partial charge < -0.3 is 20.1 Å². The molecule has 0 bridgehead atoms.